The van der Waals surface area contributed by atoms with Crippen molar-refractivity contribution in [2.24, 2.45) is 11.7 Å². The van der Waals surface area contributed by atoms with Crippen molar-refractivity contribution in [2.75, 3.05) is 6.66 Å². The van der Waals surface area contributed by atoms with Crippen LogP contribution in [0.2, 0.25) is 0 Å². The zero-order chi connectivity index (χ0) is 28.4. The molecule has 4 rings (SSSR count). The van der Waals surface area contributed by atoms with E-state index in [2.05, 4.69) is 134 Å². The first kappa shape index (κ1) is 28.8. The van der Waals surface area contributed by atoms with E-state index in [0.29, 0.717) is 8.58 Å². The predicted octanol–water partition coefficient (Wildman–Crippen LogP) is 8.90. The van der Waals surface area contributed by atoms with E-state index < -0.39 is 0 Å². The highest BCUT2D eigenvalue weighted by Crippen LogP contribution is 2.50. The minimum absolute atomic E-state index is 0.0133. The van der Waals surface area contributed by atoms with Crippen molar-refractivity contribution in [3.63, 3.8) is 0 Å². The van der Waals surface area contributed by atoms with Crippen molar-refractivity contribution in [2.45, 2.75) is 58.8 Å². The van der Waals surface area contributed by atoms with Gasteiger partial charge in [-0.3, -0.25) is 0 Å². The standard InChI is InChI=1S/C37H44NP/c1-9-14-29-23-31-33(36(29,5)6)17-13-18-34(31)37(7,26(3)20-19-25(2)24-38)32-22-21-30(35(39-8)27(32)4)28-15-11-10-12-16-28/h9-22,24,26,39H,1,23,38H2,2-8H3/b20-19-,25-24-,29-14+. The third-order valence-electron chi connectivity index (χ3n) is 9.08. The number of hydrogen-bond donors (Lipinski definition) is 1. The molecule has 0 amide bonds. The summed E-state index contributed by atoms with van der Waals surface area (Å²) < 4.78 is 0. The molecule has 1 aliphatic carbocycles. The summed E-state index contributed by atoms with van der Waals surface area (Å²) in [6.45, 7) is 20.2. The van der Waals surface area contributed by atoms with E-state index in [4.69, 9.17) is 5.73 Å². The Morgan fingerprint density at radius 1 is 1.05 bits per heavy atom. The Balaban J connectivity index is 2.01. The first-order valence-corrected chi connectivity index (χ1v) is 15.5. The van der Waals surface area contributed by atoms with Gasteiger partial charge < -0.3 is 5.73 Å². The van der Waals surface area contributed by atoms with E-state index in [9.17, 15) is 0 Å². The monoisotopic (exact) mass is 533 g/mol. The van der Waals surface area contributed by atoms with Crippen LogP contribution in [0.5, 0.6) is 0 Å². The molecule has 0 spiro atoms. The van der Waals surface area contributed by atoms with Crippen LogP contribution >= 0.6 is 8.58 Å². The number of nitrogens with two attached hydrogens (primary N) is 1. The zero-order valence-electron chi connectivity index (χ0n) is 24.7. The highest BCUT2D eigenvalue weighted by Gasteiger charge is 2.42. The molecule has 0 saturated carbocycles. The number of allylic oxidation sites excluding steroid dienone is 6. The van der Waals surface area contributed by atoms with Gasteiger partial charge >= 0.3 is 0 Å². The van der Waals surface area contributed by atoms with Gasteiger partial charge in [0.15, 0.2) is 0 Å². The first-order chi connectivity index (χ1) is 18.6. The lowest BCUT2D eigenvalue weighted by Gasteiger charge is -2.39. The Kier molecular flexibility index (Phi) is 8.53. The van der Waals surface area contributed by atoms with Crippen molar-refractivity contribution in [1.82, 2.24) is 0 Å². The second-order valence-electron chi connectivity index (χ2n) is 11.6. The van der Waals surface area contributed by atoms with Gasteiger partial charge in [-0.15, -0.1) is 0 Å². The Hall–Kier alpha value is -3.15. The molecule has 0 radical (unpaired) electrons. The highest BCUT2D eigenvalue weighted by molar-refractivity contribution is 7.46. The average molecular weight is 534 g/mol. The second kappa shape index (κ2) is 11.5. The third kappa shape index (κ3) is 5.10. The quantitative estimate of drug-likeness (QED) is 0.227. The van der Waals surface area contributed by atoms with Crippen LogP contribution in [-0.4, -0.2) is 6.66 Å². The van der Waals surface area contributed by atoms with Crippen molar-refractivity contribution in [1.29, 1.82) is 0 Å². The molecular weight excluding hydrogens is 489 g/mol. The first-order valence-electron chi connectivity index (χ1n) is 14.0. The predicted molar refractivity (Wildman–Crippen MR) is 175 cm³/mol. The molecule has 1 nitrogen and oxygen atoms in total. The lowest BCUT2D eigenvalue weighted by molar-refractivity contribution is 0.440. The fourth-order valence-electron chi connectivity index (χ4n) is 6.48. The van der Waals surface area contributed by atoms with Crippen molar-refractivity contribution in [3.05, 3.63) is 137 Å². The summed E-state index contributed by atoms with van der Waals surface area (Å²) in [4.78, 5) is 0. The van der Waals surface area contributed by atoms with Gasteiger partial charge in [-0.25, -0.2) is 0 Å². The van der Waals surface area contributed by atoms with Crippen LogP contribution in [0.15, 0.2) is 109 Å². The average Bonchev–Trinajstić information content (AvgIpc) is 3.20. The summed E-state index contributed by atoms with van der Waals surface area (Å²) in [5, 5.41) is 1.46. The van der Waals surface area contributed by atoms with Crippen LogP contribution in [0.1, 0.15) is 62.4 Å². The SMILES string of the molecule is C=C/C=C1\Cc2c(cccc2C(C)(c2ccc(-c3ccccc3)c(PC)c2C)C(C)/C=C\C(C)=C/N)C1(C)C. The second-order valence-corrected chi connectivity index (χ2v) is 12.6. The van der Waals surface area contributed by atoms with Gasteiger partial charge in [-0.1, -0.05) is 133 Å². The highest BCUT2D eigenvalue weighted by atomic mass is 31.1. The lowest BCUT2D eigenvalue weighted by atomic mass is 9.64. The summed E-state index contributed by atoms with van der Waals surface area (Å²) >= 11 is 0. The number of rotatable bonds is 8. The molecule has 0 aliphatic heterocycles. The number of benzene rings is 3. The Morgan fingerprint density at radius 2 is 1.77 bits per heavy atom. The van der Waals surface area contributed by atoms with Gasteiger partial charge in [0, 0.05) is 10.8 Å². The minimum Gasteiger partial charge on any atom is -0.404 e. The smallest absolute Gasteiger partial charge is 0.0240 e. The molecule has 3 unspecified atom stereocenters. The van der Waals surface area contributed by atoms with Crippen LogP contribution < -0.4 is 11.0 Å². The largest absolute Gasteiger partial charge is 0.404 e. The molecule has 202 valence electrons. The van der Waals surface area contributed by atoms with Crippen LogP contribution in [0.3, 0.4) is 0 Å². The van der Waals surface area contributed by atoms with Crippen molar-refractivity contribution >= 4 is 13.9 Å². The van der Waals surface area contributed by atoms with Crippen LogP contribution in [0.4, 0.5) is 0 Å². The summed E-state index contributed by atoms with van der Waals surface area (Å²) in [5.74, 6) is 0.240. The Morgan fingerprint density at radius 3 is 2.41 bits per heavy atom. The summed E-state index contributed by atoms with van der Waals surface area (Å²) in [6.07, 6.45) is 11.3. The molecule has 3 atom stereocenters. The third-order valence-corrected chi connectivity index (χ3v) is 10.2. The Bertz CT molecular complexity index is 1450. The van der Waals surface area contributed by atoms with E-state index >= 15 is 0 Å². The molecule has 0 heterocycles. The van der Waals surface area contributed by atoms with Gasteiger partial charge in [0.05, 0.1) is 0 Å². The molecule has 3 aromatic rings. The molecule has 1 aliphatic rings. The fourth-order valence-corrected chi connectivity index (χ4v) is 7.48. The molecule has 2 N–H and O–H groups in total. The van der Waals surface area contributed by atoms with Gasteiger partial charge in [-0.05, 0) is 88.9 Å². The summed E-state index contributed by atoms with van der Waals surface area (Å²) in [6, 6.07) is 22.5. The van der Waals surface area contributed by atoms with E-state index in [0.717, 1.165) is 12.0 Å². The molecule has 39 heavy (non-hydrogen) atoms. The van der Waals surface area contributed by atoms with Crippen LogP contribution in [0, 0.1) is 12.8 Å². The van der Waals surface area contributed by atoms with E-state index in [1.54, 1.807) is 6.20 Å². The maximum atomic E-state index is 5.84. The lowest BCUT2D eigenvalue weighted by Crippen LogP contribution is -2.34. The van der Waals surface area contributed by atoms with E-state index in [1.807, 2.05) is 6.08 Å². The maximum absolute atomic E-state index is 5.84. The van der Waals surface area contributed by atoms with Gasteiger partial charge in [-0.2, -0.15) is 0 Å². The van der Waals surface area contributed by atoms with Crippen LogP contribution in [0.25, 0.3) is 11.1 Å². The molecule has 0 aromatic heterocycles. The van der Waals surface area contributed by atoms with Gasteiger partial charge in [0.2, 0.25) is 0 Å². The normalized spacial score (nSPS) is 18.5. The Labute approximate surface area is 238 Å². The van der Waals surface area contributed by atoms with E-state index in [-0.39, 0.29) is 16.7 Å². The maximum Gasteiger partial charge on any atom is 0.0240 e. The molecule has 2 heteroatoms. The number of fused-ring (bicyclic) bond motifs is 1. The summed E-state index contributed by atoms with van der Waals surface area (Å²) in [7, 11) is 0.707. The minimum atomic E-state index is -0.232. The van der Waals surface area contributed by atoms with Gasteiger partial charge in [0.1, 0.15) is 0 Å². The van der Waals surface area contributed by atoms with E-state index in [1.165, 1.54) is 49.8 Å². The van der Waals surface area contributed by atoms with Crippen molar-refractivity contribution < 1.29 is 0 Å². The number of hydrogen-bond acceptors (Lipinski definition) is 1. The van der Waals surface area contributed by atoms with Crippen LogP contribution in [-0.2, 0) is 17.3 Å². The molecule has 0 fully saturated rings. The zero-order valence-corrected chi connectivity index (χ0v) is 25.7. The summed E-state index contributed by atoms with van der Waals surface area (Å²) in [5.41, 5.74) is 17.9. The molecule has 0 bridgehead atoms. The molecule has 3 aromatic carbocycles. The van der Waals surface area contributed by atoms with Crippen molar-refractivity contribution in [3.8, 4) is 11.1 Å². The topological polar surface area (TPSA) is 26.0 Å². The molecular formula is C37H44NP. The molecule has 0 saturated heterocycles. The van der Waals surface area contributed by atoms with Gasteiger partial charge in [0.25, 0.3) is 0 Å². The fraction of sp³-hybridized carbons (Fsp3) is 0.297.